The molecular weight excluding hydrogens is 643 g/mol. The van der Waals surface area contributed by atoms with E-state index in [1.54, 1.807) is 0 Å². The van der Waals surface area contributed by atoms with E-state index >= 15 is 0 Å². The Bertz CT molecular complexity index is 2590. The molecule has 1 heterocycles. The Morgan fingerprint density at radius 1 is 0.547 bits per heavy atom. The maximum absolute atomic E-state index is 7.16. The molecule has 1 saturated carbocycles. The molecule has 7 aromatic carbocycles. The second kappa shape index (κ2) is 12.7. The fourth-order valence-electron chi connectivity index (χ4n) is 9.59. The zero-order valence-electron chi connectivity index (χ0n) is 30.5. The molecule has 53 heavy (non-hydrogen) atoms. The van der Waals surface area contributed by atoms with E-state index in [-0.39, 0.29) is 5.41 Å². The lowest BCUT2D eigenvalue weighted by Crippen LogP contribution is -2.18. The van der Waals surface area contributed by atoms with Crippen LogP contribution in [-0.4, -0.2) is 0 Å². The molecule has 2 aliphatic carbocycles. The third-order valence-electron chi connectivity index (χ3n) is 12.0. The first-order chi connectivity index (χ1) is 26.1. The Morgan fingerprint density at radius 2 is 1.13 bits per heavy atom. The maximum Gasteiger partial charge on any atom is 0.143 e. The second-order valence-electron chi connectivity index (χ2n) is 15.5. The predicted octanol–water partition coefficient (Wildman–Crippen LogP) is 14.7. The molecule has 258 valence electrons. The molecule has 0 unspecified atom stereocenters. The first-order valence-corrected chi connectivity index (χ1v) is 19.3. The Kier molecular flexibility index (Phi) is 7.61. The fourth-order valence-corrected chi connectivity index (χ4v) is 9.59. The van der Waals surface area contributed by atoms with Crippen LogP contribution in [0, 0.1) is 0 Å². The number of anilines is 3. The van der Waals surface area contributed by atoms with Gasteiger partial charge in [0.25, 0.3) is 0 Å². The van der Waals surface area contributed by atoms with Crippen molar-refractivity contribution in [2.45, 2.75) is 57.3 Å². The average Bonchev–Trinajstić information content (AvgIpc) is 3.71. The van der Waals surface area contributed by atoms with Crippen molar-refractivity contribution in [2.75, 3.05) is 4.90 Å². The minimum atomic E-state index is -0.172. The van der Waals surface area contributed by atoms with E-state index < -0.39 is 0 Å². The molecule has 0 atom stereocenters. The van der Waals surface area contributed by atoms with Crippen LogP contribution < -0.4 is 4.90 Å². The highest BCUT2D eigenvalue weighted by Crippen LogP contribution is 2.59. The summed E-state index contributed by atoms with van der Waals surface area (Å²) < 4.78 is 7.16. The molecule has 0 aliphatic heterocycles. The molecule has 0 amide bonds. The summed E-state index contributed by atoms with van der Waals surface area (Å²) in [4.78, 5) is 2.39. The van der Waals surface area contributed by atoms with Crippen LogP contribution in [-0.2, 0) is 5.41 Å². The number of rotatable bonds is 6. The third kappa shape index (κ3) is 5.15. The summed E-state index contributed by atoms with van der Waals surface area (Å²) in [6, 6.07) is 57.4. The first kappa shape index (κ1) is 31.8. The summed E-state index contributed by atoms with van der Waals surface area (Å²) in [6.45, 7) is 4.84. The van der Waals surface area contributed by atoms with Crippen molar-refractivity contribution in [3.05, 3.63) is 174 Å². The third-order valence-corrected chi connectivity index (χ3v) is 12.0. The molecule has 0 N–H and O–H groups in total. The van der Waals surface area contributed by atoms with Crippen LogP contribution in [0.25, 0.3) is 55.3 Å². The SMILES string of the molecule is CC1(C)c2ccccc2-c2c1c(-c1ccccc1)c(C1CCCCC1)c1c2oc2ccc(N(c3ccccc3)c3ccc(-c4ccccc4)cc3)cc21. The van der Waals surface area contributed by atoms with E-state index in [1.807, 2.05) is 0 Å². The van der Waals surface area contributed by atoms with Crippen molar-refractivity contribution in [1.29, 1.82) is 0 Å². The van der Waals surface area contributed by atoms with Gasteiger partial charge >= 0.3 is 0 Å². The van der Waals surface area contributed by atoms with Gasteiger partial charge < -0.3 is 9.32 Å². The molecule has 0 radical (unpaired) electrons. The Labute approximate surface area is 312 Å². The molecule has 0 spiro atoms. The van der Waals surface area contributed by atoms with Crippen LogP contribution in [0.15, 0.2) is 162 Å². The normalized spacial score (nSPS) is 15.1. The fraction of sp³-hybridized carbons (Fsp3) is 0.176. The molecule has 1 fully saturated rings. The molecule has 2 heteroatoms. The van der Waals surface area contributed by atoms with Crippen molar-refractivity contribution in [2.24, 2.45) is 0 Å². The molecule has 1 aromatic heterocycles. The van der Waals surface area contributed by atoms with Crippen molar-refractivity contribution >= 4 is 39.0 Å². The molecule has 2 aliphatic rings. The zero-order valence-corrected chi connectivity index (χ0v) is 30.5. The highest BCUT2D eigenvalue weighted by atomic mass is 16.3. The highest BCUT2D eigenvalue weighted by Gasteiger charge is 2.42. The first-order valence-electron chi connectivity index (χ1n) is 19.3. The van der Waals surface area contributed by atoms with Crippen LogP contribution in [0.5, 0.6) is 0 Å². The van der Waals surface area contributed by atoms with Gasteiger partial charge in [0.2, 0.25) is 0 Å². The van der Waals surface area contributed by atoms with Crippen LogP contribution in [0.1, 0.15) is 68.6 Å². The molecular formula is C51H43NO. The van der Waals surface area contributed by atoms with Crippen molar-refractivity contribution in [1.82, 2.24) is 0 Å². The molecule has 2 nitrogen and oxygen atoms in total. The number of fused-ring (bicyclic) bond motifs is 7. The topological polar surface area (TPSA) is 16.4 Å². The molecule has 0 bridgehead atoms. The average molecular weight is 686 g/mol. The summed E-state index contributed by atoms with van der Waals surface area (Å²) >= 11 is 0. The summed E-state index contributed by atoms with van der Waals surface area (Å²) in [5.74, 6) is 0.464. The van der Waals surface area contributed by atoms with E-state index in [0.717, 1.165) is 28.2 Å². The van der Waals surface area contributed by atoms with E-state index in [9.17, 15) is 0 Å². The van der Waals surface area contributed by atoms with Crippen molar-refractivity contribution in [3.8, 4) is 33.4 Å². The van der Waals surface area contributed by atoms with Gasteiger partial charge in [-0.05, 0) is 106 Å². The van der Waals surface area contributed by atoms with Gasteiger partial charge in [-0.15, -0.1) is 0 Å². The number of furan rings is 1. The number of hydrogen-bond donors (Lipinski definition) is 0. The lowest BCUT2D eigenvalue weighted by atomic mass is 9.72. The summed E-state index contributed by atoms with van der Waals surface area (Å²) in [6.07, 6.45) is 6.26. The minimum Gasteiger partial charge on any atom is -0.455 e. The van der Waals surface area contributed by atoms with E-state index in [0.29, 0.717) is 5.92 Å². The van der Waals surface area contributed by atoms with E-state index in [2.05, 4.69) is 176 Å². The van der Waals surface area contributed by atoms with Gasteiger partial charge in [0.05, 0.1) is 0 Å². The Hall–Kier alpha value is -5.86. The standard InChI is InChI=1S/C51H43NO/c1-51(2)43-26-16-15-25-41(43)48-49(51)46(37-21-11-5-12-22-37)45(36-19-9-4-10-20-36)47-42-33-40(31-32-44(42)53-50(47)48)52(38-23-13-6-14-24-38)39-29-27-35(28-30-39)34-17-7-3-8-18-34/h3,5-8,11-18,21-33,36H,4,9-10,19-20H2,1-2H3. The summed E-state index contributed by atoms with van der Waals surface area (Å²) in [5.41, 5.74) is 17.2. The van der Waals surface area contributed by atoms with Crippen LogP contribution in [0.3, 0.4) is 0 Å². The minimum absolute atomic E-state index is 0.172. The van der Waals surface area contributed by atoms with Crippen molar-refractivity contribution < 1.29 is 4.42 Å². The molecule has 10 rings (SSSR count). The van der Waals surface area contributed by atoms with E-state index in [1.165, 1.54) is 92.9 Å². The number of hydrogen-bond acceptors (Lipinski definition) is 2. The molecule has 0 saturated heterocycles. The highest BCUT2D eigenvalue weighted by molar-refractivity contribution is 6.17. The zero-order chi connectivity index (χ0) is 35.5. The quantitative estimate of drug-likeness (QED) is 0.173. The van der Waals surface area contributed by atoms with Gasteiger partial charge in [-0.1, -0.05) is 148 Å². The van der Waals surface area contributed by atoms with Gasteiger partial charge in [-0.3, -0.25) is 0 Å². The van der Waals surface area contributed by atoms with Crippen LogP contribution in [0.4, 0.5) is 17.1 Å². The lowest BCUT2D eigenvalue weighted by molar-refractivity contribution is 0.445. The monoisotopic (exact) mass is 685 g/mol. The Balaban J connectivity index is 1.27. The smallest absolute Gasteiger partial charge is 0.143 e. The lowest BCUT2D eigenvalue weighted by Gasteiger charge is -2.31. The largest absolute Gasteiger partial charge is 0.455 e. The van der Waals surface area contributed by atoms with Gasteiger partial charge in [0.15, 0.2) is 0 Å². The Morgan fingerprint density at radius 3 is 1.85 bits per heavy atom. The number of nitrogens with zero attached hydrogens (tertiary/aromatic N) is 1. The van der Waals surface area contributed by atoms with Gasteiger partial charge in [-0.25, -0.2) is 0 Å². The van der Waals surface area contributed by atoms with Gasteiger partial charge in [0.1, 0.15) is 11.2 Å². The maximum atomic E-state index is 7.16. The number of benzene rings is 7. The van der Waals surface area contributed by atoms with E-state index in [4.69, 9.17) is 4.42 Å². The predicted molar refractivity (Wildman–Crippen MR) is 223 cm³/mol. The van der Waals surface area contributed by atoms with Crippen molar-refractivity contribution in [3.63, 3.8) is 0 Å². The second-order valence-corrected chi connectivity index (χ2v) is 15.5. The summed E-state index contributed by atoms with van der Waals surface area (Å²) in [7, 11) is 0. The van der Waals surface area contributed by atoms with Crippen LogP contribution >= 0.6 is 0 Å². The number of para-hydroxylation sites is 1. The molecule has 8 aromatic rings. The van der Waals surface area contributed by atoms with Gasteiger partial charge in [-0.2, -0.15) is 0 Å². The van der Waals surface area contributed by atoms with Gasteiger partial charge in [0, 0.05) is 38.8 Å². The summed E-state index contributed by atoms with van der Waals surface area (Å²) in [5, 5.41) is 2.49. The van der Waals surface area contributed by atoms with Crippen LogP contribution in [0.2, 0.25) is 0 Å².